The molecule has 0 radical (unpaired) electrons. The summed E-state index contributed by atoms with van der Waals surface area (Å²) in [6, 6.07) is -0.653. The number of aliphatic carboxylic acids is 1. The predicted octanol–water partition coefficient (Wildman–Crippen LogP) is 1.44. The van der Waals surface area contributed by atoms with Gasteiger partial charge in [-0.05, 0) is 40.0 Å². The van der Waals surface area contributed by atoms with E-state index in [0.717, 1.165) is 12.8 Å². The van der Waals surface area contributed by atoms with Crippen molar-refractivity contribution < 1.29 is 9.90 Å². The van der Waals surface area contributed by atoms with Crippen molar-refractivity contribution in [2.24, 2.45) is 0 Å². The number of hydrogen-bond donors (Lipinski definition) is 1. The molecular formula is C14H21N3O3. The lowest BCUT2D eigenvalue weighted by atomic mass is 10.0. The normalized spacial score (nSPS) is 19.9. The lowest BCUT2D eigenvalue weighted by Crippen LogP contribution is -2.49. The van der Waals surface area contributed by atoms with Crippen molar-refractivity contribution in [3.63, 3.8) is 0 Å². The number of aromatic nitrogens is 2. The molecule has 1 saturated heterocycles. The highest BCUT2D eigenvalue weighted by Gasteiger charge is 2.31. The van der Waals surface area contributed by atoms with Crippen LogP contribution in [-0.2, 0) is 10.3 Å². The van der Waals surface area contributed by atoms with E-state index in [9.17, 15) is 14.7 Å². The Morgan fingerprint density at radius 1 is 1.40 bits per heavy atom. The molecule has 1 aromatic heterocycles. The molecule has 0 aromatic carbocycles. The van der Waals surface area contributed by atoms with Gasteiger partial charge < -0.3 is 14.6 Å². The first kappa shape index (κ1) is 14.6. The van der Waals surface area contributed by atoms with Gasteiger partial charge in [0.1, 0.15) is 6.04 Å². The molecule has 6 nitrogen and oxygen atoms in total. The Hall–Kier alpha value is -1.85. The minimum atomic E-state index is -0.892. The summed E-state index contributed by atoms with van der Waals surface area (Å²) in [5.41, 5.74) is -0.586. The van der Waals surface area contributed by atoms with Gasteiger partial charge in [-0.3, -0.25) is 4.79 Å². The van der Waals surface area contributed by atoms with Crippen LogP contribution in [0.25, 0.3) is 0 Å². The topological polar surface area (TPSA) is 75.4 Å². The van der Waals surface area contributed by atoms with Gasteiger partial charge in [-0.1, -0.05) is 0 Å². The van der Waals surface area contributed by atoms with Gasteiger partial charge in [0.05, 0.1) is 0 Å². The van der Waals surface area contributed by atoms with Gasteiger partial charge in [0.25, 0.3) is 5.56 Å². The zero-order valence-corrected chi connectivity index (χ0v) is 12.2. The highest BCUT2D eigenvalue weighted by Crippen LogP contribution is 2.21. The van der Waals surface area contributed by atoms with E-state index in [2.05, 4.69) is 4.98 Å². The lowest BCUT2D eigenvalue weighted by Gasteiger charge is -2.34. The molecule has 0 bridgehead atoms. The number of piperidine rings is 1. The molecule has 6 heteroatoms. The Morgan fingerprint density at radius 2 is 2.10 bits per heavy atom. The summed E-state index contributed by atoms with van der Waals surface area (Å²) >= 11 is 0. The molecule has 1 aliphatic heterocycles. The maximum Gasteiger partial charge on any atom is 0.326 e. The van der Waals surface area contributed by atoms with E-state index in [1.54, 1.807) is 21.9 Å². The average molecular weight is 279 g/mol. The number of carboxylic acids is 1. The largest absolute Gasteiger partial charge is 0.480 e. The number of hydrogen-bond acceptors (Lipinski definition) is 4. The van der Waals surface area contributed by atoms with Crippen LogP contribution in [0, 0.1) is 0 Å². The fourth-order valence-electron chi connectivity index (χ4n) is 2.57. The van der Waals surface area contributed by atoms with E-state index in [1.165, 1.54) is 0 Å². The molecule has 1 aromatic rings. The number of carboxylic acid groups (broad SMARTS) is 1. The highest BCUT2D eigenvalue weighted by atomic mass is 16.4. The minimum absolute atomic E-state index is 0.229. The number of carbonyl (C=O) groups is 1. The lowest BCUT2D eigenvalue weighted by molar-refractivity contribution is -0.139. The molecule has 2 heterocycles. The summed E-state index contributed by atoms with van der Waals surface area (Å²) < 4.78 is 1.60. The van der Waals surface area contributed by atoms with Crippen LogP contribution in [-0.4, -0.2) is 33.2 Å². The predicted molar refractivity (Wildman–Crippen MR) is 76.1 cm³/mol. The Kier molecular flexibility index (Phi) is 3.83. The summed E-state index contributed by atoms with van der Waals surface area (Å²) in [7, 11) is 0. The van der Waals surface area contributed by atoms with Gasteiger partial charge in [0.2, 0.25) is 0 Å². The third-order valence-electron chi connectivity index (χ3n) is 3.61. The molecule has 1 atom stereocenters. The van der Waals surface area contributed by atoms with Crippen LogP contribution in [0.1, 0.15) is 40.0 Å². The van der Waals surface area contributed by atoms with Gasteiger partial charge in [-0.15, -0.1) is 0 Å². The summed E-state index contributed by atoms with van der Waals surface area (Å²) in [5, 5.41) is 9.31. The van der Waals surface area contributed by atoms with E-state index in [1.807, 2.05) is 20.8 Å². The van der Waals surface area contributed by atoms with E-state index in [-0.39, 0.29) is 16.9 Å². The minimum Gasteiger partial charge on any atom is -0.480 e. The third-order valence-corrected chi connectivity index (χ3v) is 3.61. The van der Waals surface area contributed by atoms with Crippen molar-refractivity contribution in [1.29, 1.82) is 0 Å². The second-order valence-electron chi connectivity index (χ2n) is 6.14. The molecule has 110 valence electrons. The van der Waals surface area contributed by atoms with Crippen molar-refractivity contribution in [2.75, 3.05) is 11.4 Å². The van der Waals surface area contributed by atoms with Gasteiger partial charge in [0.15, 0.2) is 5.82 Å². The summed E-state index contributed by atoms with van der Waals surface area (Å²) in [5.74, 6) is -0.647. The Balaban J connectivity index is 2.47. The van der Waals surface area contributed by atoms with Crippen LogP contribution in [0.4, 0.5) is 5.82 Å². The molecule has 1 unspecified atom stereocenters. The number of anilines is 1. The highest BCUT2D eigenvalue weighted by molar-refractivity contribution is 5.77. The molecule has 1 N–H and O–H groups in total. The molecular weight excluding hydrogens is 258 g/mol. The van der Waals surface area contributed by atoms with Crippen molar-refractivity contribution in [3.8, 4) is 0 Å². The van der Waals surface area contributed by atoms with Crippen LogP contribution in [0.3, 0.4) is 0 Å². The number of rotatable bonds is 2. The Morgan fingerprint density at radius 3 is 2.70 bits per heavy atom. The maximum atomic E-state index is 12.5. The van der Waals surface area contributed by atoms with Gasteiger partial charge >= 0.3 is 5.97 Å². The first-order chi connectivity index (χ1) is 9.32. The fraction of sp³-hybridized carbons (Fsp3) is 0.643. The zero-order chi connectivity index (χ0) is 14.9. The summed E-state index contributed by atoms with van der Waals surface area (Å²) in [6.07, 6.45) is 5.52. The van der Waals surface area contributed by atoms with Crippen LogP contribution >= 0.6 is 0 Å². The second-order valence-corrected chi connectivity index (χ2v) is 6.14. The molecule has 1 aliphatic rings. The van der Waals surface area contributed by atoms with Crippen molar-refractivity contribution in [2.45, 2.75) is 51.6 Å². The number of nitrogens with zero attached hydrogens (tertiary/aromatic N) is 3. The second kappa shape index (κ2) is 5.26. The van der Waals surface area contributed by atoms with E-state index in [0.29, 0.717) is 13.0 Å². The SMILES string of the molecule is CC(C)(C)n1ccnc(N2CCCCC2C(=O)O)c1=O. The zero-order valence-electron chi connectivity index (χ0n) is 12.2. The summed E-state index contributed by atoms with van der Waals surface area (Å²) in [4.78, 5) is 29.7. The molecule has 0 saturated carbocycles. The van der Waals surface area contributed by atoms with E-state index in [4.69, 9.17) is 0 Å². The smallest absolute Gasteiger partial charge is 0.326 e. The maximum absolute atomic E-state index is 12.5. The molecule has 0 amide bonds. The van der Waals surface area contributed by atoms with Gasteiger partial charge in [-0.2, -0.15) is 0 Å². The van der Waals surface area contributed by atoms with Gasteiger partial charge in [0, 0.05) is 24.5 Å². The Labute approximate surface area is 118 Å². The molecule has 0 spiro atoms. The molecule has 20 heavy (non-hydrogen) atoms. The quantitative estimate of drug-likeness (QED) is 0.886. The molecule has 1 fully saturated rings. The Bertz CT molecular complexity index is 560. The fourth-order valence-corrected chi connectivity index (χ4v) is 2.57. The van der Waals surface area contributed by atoms with Crippen molar-refractivity contribution >= 4 is 11.8 Å². The van der Waals surface area contributed by atoms with E-state index < -0.39 is 12.0 Å². The van der Waals surface area contributed by atoms with Crippen LogP contribution in [0.15, 0.2) is 17.2 Å². The van der Waals surface area contributed by atoms with Gasteiger partial charge in [-0.25, -0.2) is 9.78 Å². The third kappa shape index (κ3) is 2.69. The van der Waals surface area contributed by atoms with Crippen LogP contribution in [0.5, 0.6) is 0 Å². The molecule has 2 rings (SSSR count). The first-order valence-electron chi connectivity index (χ1n) is 6.90. The van der Waals surface area contributed by atoms with Crippen LogP contribution < -0.4 is 10.5 Å². The van der Waals surface area contributed by atoms with Crippen molar-refractivity contribution in [3.05, 3.63) is 22.7 Å². The molecule has 0 aliphatic carbocycles. The van der Waals surface area contributed by atoms with Crippen LogP contribution in [0.2, 0.25) is 0 Å². The van der Waals surface area contributed by atoms with Crippen molar-refractivity contribution in [1.82, 2.24) is 9.55 Å². The monoisotopic (exact) mass is 279 g/mol. The first-order valence-corrected chi connectivity index (χ1v) is 6.90. The van der Waals surface area contributed by atoms with E-state index >= 15 is 0 Å². The average Bonchev–Trinajstić information content (AvgIpc) is 2.37. The standard InChI is InChI=1S/C14H21N3O3/c1-14(2,3)17-9-7-15-11(12(17)18)16-8-5-4-6-10(16)13(19)20/h7,9-10H,4-6,8H2,1-3H3,(H,19,20). The summed E-state index contributed by atoms with van der Waals surface area (Å²) in [6.45, 7) is 6.36.